The van der Waals surface area contributed by atoms with Crippen LogP contribution in [0.25, 0.3) is 0 Å². The van der Waals surface area contributed by atoms with Gasteiger partial charge in [0.2, 0.25) is 0 Å². The van der Waals surface area contributed by atoms with Crippen molar-refractivity contribution in [2.75, 3.05) is 39.9 Å². The van der Waals surface area contributed by atoms with Crippen LogP contribution in [-0.2, 0) is 4.74 Å². The minimum atomic E-state index is 0.731. The molecule has 1 heterocycles. The van der Waals surface area contributed by atoms with Crippen LogP contribution in [0.3, 0.4) is 0 Å². The maximum atomic E-state index is 5.20. The van der Waals surface area contributed by atoms with Crippen molar-refractivity contribution in [1.29, 1.82) is 0 Å². The lowest BCUT2D eigenvalue weighted by atomic mass is 9.83. The lowest BCUT2D eigenvalue weighted by Crippen LogP contribution is -2.44. The minimum absolute atomic E-state index is 0.731. The Hall–Kier alpha value is -0.120. The van der Waals surface area contributed by atoms with E-state index < -0.39 is 0 Å². The second kappa shape index (κ2) is 7.34. The number of nitrogens with zero attached hydrogens (tertiary/aromatic N) is 1. The van der Waals surface area contributed by atoms with Gasteiger partial charge in [0.15, 0.2) is 0 Å². The number of ether oxygens (including phenoxy) is 1. The van der Waals surface area contributed by atoms with Gasteiger partial charge in [0, 0.05) is 26.2 Å². The summed E-state index contributed by atoms with van der Waals surface area (Å²) < 4.78 is 5.20. The third-order valence-corrected chi connectivity index (χ3v) is 4.34. The zero-order valence-corrected chi connectivity index (χ0v) is 11.3. The van der Waals surface area contributed by atoms with E-state index in [-0.39, 0.29) is 0 Å². The van der Waals surface area contributed by atoms with Gasteiger partial charge in [0.25, 0.3) is 0 Å². The number of nitrogens with one attached hydrogen (secondary N) is 1. The molecule has 1 aliphatic heterocycles. The summed E-state index contributed by atoms with van der Waals surface area (Å²) >= 11 is 0. The van der Waals surface area contributed by atoms with Crippen LogP contribution < -0.4 is 5.32 Å². The highest BCUT2D eigenvalue weighted by Gasteiger charge is 2.26. The Labute approximate surface area is 106 Å². The van der Waals surface area contributed by atoms with Gasteiger partial charge < -0.3 is 10.1 Å². The third-order valence-electron chi connectivity index (χ3n) is 4.34. The molecule has 17 heavy (non-hydrogen) atoms. The molecule has 2 aliphatic rings. The van der Waals surface area contributed by atoms with E-state index in [1.54, 1.807) is 7.11 Å². The fourth-order valence-corrected chi connectivity index (χ4v) is 3.30. The number of hydrogen-bond acceptors (Lipinski definition) is 3. The summed E-state index contributed by atoms with van der Waals surface area (Å²) in [4.78, 5) is 2.59. The van der Waals surface area contributed by atoms with Gasteiger partial charge in [0.05, 0.1) is 6.61 Å². The highest BCUT2D eigenvalue weighted by atomic mass is 16.5. The molecule has 1 N–H and O–H groups in total. The first-order valence-electron chi connectivity index (χ1n) is 7.35. The van der Waals surface area contributed by atoms with E-state index in [2.05, 4.69) is 10.2 Å². The van der Waals surface area contributed by atoms with Crippen LogP contribution >= 0.6 is 0 Å². The maximum absolute atomic E-state index is 5.20. The molecule has 2 fully saturated rings. The first-order chi connectivity index (χ1) is 8.40. The predicted molar refractivity (Wildman–Crippen MR) is 71.3 cm³/mol. The second-order valence-electron chi connectivity index (χ2n) is 5.61. The summed E-state index contributed by atoms with van der Waals surface area (Å²) in [6.07, 6.45) is 8.51. The summed E-state index contributed by atoms with van der Waals surface area (Å²) in [5.41, 5.74) is 0. The van der Waals surface area contributed by atoms with Crippen LogP contribution in [0.15, 0.2) is 0 Å². The molecule has 0 radical (unpaired) electrons. The molecule has 100 valence electrons. The van der Waals surface area contributed by atoms with Crippen molar-refractivity contribution >= 4 is 0 Å². The van der Waals surface area contributed by atoms with Crippen molar-refractivity contribution in [3.8, 4) is 0 Å². The summed E-state index contributed by atoms with van der Waals surface area (Å²) in [7, 11) is 1.80. The molecule has 0 aromatic heterocycles. The molecular formula is C14H28N2O. The molecule has 0 spiro atoms. The first-order valence-corrected chi connectivity index (χ1v) is 7.35. The molecule has 1 atom stereocenters. The average Bonchev–Trinajstić information content (AvgIpc) is 2.63. The summed E-state index contributed by atoms with van der Waals surface area (Å²) in [5.74, 6) is 0.923. The molecule has 0 aromatic rings. The van der Waals surface area contributed by atoms with Crippen LogP contribution in [0.1, 0.15) is 38.5 Å². The van der Waals surface area contributed by atoms with Crippen LogP contribution in [0, 0.1) is 5.92 Å². The highest BCUT2D eigenvalue weighted by Crippen LogP contribution is 2.27. The fourth-order valence-electron chi connectivity index (χ4n) is 3.30. The Bertz CT molecular complexity index is 204. The molecule has 0 bridgehead atoms. The van der Waals surface area contributed by atoms with Gasteiger partial charge in [-0.1, -0.05) is 19.3 Å². The van der Waals surface area contributed by atoms with E-state index in [4.69, 9.17) is 4.74 Å². The Balaban J connectivity index is 1.82. The molecule has 1 unspecified atom stereocenters. The van der Waals surface area contributed by atoms with Crippen molar-refractivity contribution in [3.63, 3.8) is 0 Å². The zero-order valence-electron chi connectivity index (χ0n) is 11.3. The molecule has 1 saturated carbocycles. The van der Waals surface area contributed by atoms with Crippen LogP contribution in [-0.4, -0.2) is 50.8 Å². The smallest absolute Gasteiger partial charge is 0.0589 e. The van der Waals surface area contributed by atoms with Gasteiger partial charge in [0.1, 0.15) is 0 Å². The Morgan fingerprint density at radius 1 is 1.18 bits per heavy atom. The van der Waals surface area contributed by atoms with Gasteiger partial charge in [-0.2, -0.15) is 0 Å². The maximum Gasteiger partial charge on any atom is 0.0589 e. The molecule has 1 aliphatic carbocycles. The minimum Gasteiger partial charge on any atom is -0.383 e. The van der Waals surface area contributed by atoms with Crippen molar-refractivity contribution in [3.05, 3.63) is 0 Å². The number of methoxy groups -OCH3 is 1. The van der Waals surface area contributed by atoms with Gasteiger partial charge in [-0.15, -0.1) is 0 Å². The SMILES string of the molecule is COCCN1CCCNC(C2CCCCC2)C1. The van der Waals surface area contributed by atoms with Crippen molar-refractivity contribution in [2.45, 2.75) is 44.6 Å². The van der Waals surface area contributed by atoms with Gasteiger partial charge in [-0.05, 0) is 38.3 Å². The molecule has 0 aromatic carbocycles. The van der Waals surface area contributed by atoms with Crippen LogP contribution in [0.5, 0.6) is 0 Å². The van der Waals surface area contributed by atoms with Gasteiger partial charge >= 0.3 is 0 Å². The van der Waals surface area contributed by atoms with E-state index >= 15 is 0 Å². The summed E-state index contributed by atoms with van der Waals surface area (Å²) in [5, 5.41) is 3.78. The van der Waals surface area contributed by atoms with E-state index in [1.807, 2.05) is 0 Å². The Morgan fingerprint density at radius 3 is 2.76 bits per heavy atom. The lowest BCUT2D eigenvalue weighted by Gasteiger charge is -2.32. The summed E-state index contributed by atoms with van der Waals surface area (Å²) in [6.45, 7) is 5.64. The number of hydrogen-bond donors (Lipinski definition) is 1. The summed E-state index contributed by atoms with van der Waals surface area (Å²) in [6, 6.07) is 0.731. The largest absolute Gasteiger partial charge is 0.383 e. The van der Waals surface area contributed by atoms with Crippen LogP contribution in [0.4, 0.5) is 0 Å². The normalized spacial score (nSPS) is 29.1. The molecule has 0 amide bonds. The van der Waals surface area contributed by atoms with Crippen molar-refractivity contribution < 1.29 is 4.74 Å². The fraction of sp³-hybridized carbons (Fsp3) is 1.00. The van der Waals surface area contributed by atoms with Crippen molar-refractivity contribution in [1.82, 2.24) is 10.2 Å². The Kier molecular flexibility index (Phi) is 5.75. The third kappa shape index (κ3) is 4.23. The zero-order chi connectivity index (χ0) is 11.9. The first kappa shape index (κ1) is 13.3. The molecular weight excluding hydrogens is 212 g/mol. The van der Waals surface area contributed by atoms with E-state index in [1.165, 1.54) is 58.2 Å². The van der Waals surface area contributed by atoms with Gasteiger partial charge in [-0.25, -0.2) is 0 Å². The average molecular weight is 240 g/mol. The molecule has 1 saturated heterocycles. The molecule has 3 heteroatoms. The lowest BCUT2D eigenvalue weighted by molar-refractivity contribution is 0.136. The molecule has 3 nitrogen and oxygen atoms in total. The van der Waals surface area contributed by atoms with Crippen molar-refractivity contribution in [2.24, 2.45) is 5.92 Å². The standard InChI is InChI=1S/C14H28N2O/c1-17-11-10-16-9-5-8-15-14(12-16)13-6-3-2-4-7-13/h13-15H,2-12H2,1H3. The highest BCUT2D eigenvalue weighted by molar-refractivity contribution is 4.84. The Morgan fingerprint density at radius 2 is 2.00 bits per heavy atom. The molecule has 2 rings (SSSR count). The van der Waals surface area contributed by atoms with Gasteiger partial charge in [-0.3, -0.25) is 4.90 Å². The number of rotatable bonds is 4. The van der Waals surface area contributed by atoms with E-state index in [0.29, 0.717) is 0 Å². The second-order valence-corrected chi connectivity index (χ2v) is 5.61. The topological polar surface area (TPSA) is 24.5 Å². The van der Waals surface area contributed by atoms with E-state index in [0.717, 1.165) is 25.1 Å². The quantitative estimate of drug-likeness (QED) is 0.812. The van der Waals surface area contributed by atoms with E-state index in [9.17, 15) is 0 Å². The van der Waals surface area contributed by atoms with Crippen LogP contribution in [0.2, 0.25) is 0 Å². The monoisotopic (exact) mass is 240 g/mol. The predicted octanol–water partition coefficient (Wildman–Crippen LogP) is 1.88.